The number of oxime groups is 1. The van der Waals surface area contributed by atoms with Gasteiger partial charge in [0, 0.05) is 10.9 Å². The Hall–Kier alpha value is -1.80. The van der Waals surface area contributed by atoms with Crippen molar-refractivity contribution in [3.8, 4) is 0 Å². The van der Waals surface area contributed by atoms with Crippen molar-refractivity contribution in [3.05, 3.63) is 70.7 Å². The zero-order valence-electron chi connectivity index (χ0n) is 12.0. The van der Waals surface area contributed by atoms with Gasteiger partial charge in [-0.3, -0.25) is 0 Å². The molecular formula is C18H18ClNO. The summed E-state index contributed by atoms with van der Waals surface area (Å²) in [7, 11) is 0. The molecule has 0 bridgehead atoms. The summed E-state index contributed by atoms with van der Waals surface area (Å²) in [4.78, 5) is 5.45. The molecule has 21 heavy (non-hydrogen) atoms. The van der Waals surface area contributed by atoms with Crippen LogP contribution in [0.1, 0.15) is 30.4 Å². The Morgan fingerprint density at radius 1 is 1.14 bits per heavy atom. The largest absolute Gasteiger partial charge is 0.391 e. The Kier molecular flexibility index (Phi) is 4.26. The summed E-state index contributed by atoms with van der Waals surface area (Å²) in [6, 6.07) is 18.2. The third-order valence-corrected chi connectivity index (χ3v) is 4.16. The molecule has 1 fully saturated rings. The van der Waals surface area contributed by atoms with E-state index in [0.717, 1.165) is 22.7 Å². The topological polar surface area (TPSA) is 21.6 Å². The maximum Gasteiger partial charge on any atom is 0.142 e. The minimum atomic E-state index is 0.502. The van der Waals surface area contributed by atoms with E-state index in [2.05, 4.69) is 17.3 Å². The van der Waals surface area contributed by atoms with Crippen molar-refractivity contribution in [1.29, 1.82) is 0 Å². The molecule has 1 aliphatic carbocycles. The van der Waals surface area contributed by atoms with E-state index < -0.39 is 0 Å². The molecule has 0 amide bonds. The Morgan fingerprint density at radius 3 is 2.57 bits per heavy atom. The fourth-order valence-electron chi connectivity index (χ4n) is 2.59. The lowest BCUT2D eigenvalue weighted by Crippen LogP contribution is -1.98. The van der Waals surface area contributed by atoms with Crippen molar-refractivity contribution in [3.63, 3.8) is 0 Å². The molecule has 0 radical (unpaired) electrons. The van der Waals surface area contributed by atoms with Crippen molar-refractivity contribution in [2.75, 3.05) is 0 Å². The second-order valence-electron chi connectivity index (χ2n) is 5.49. The van der Waals surface area contributed by atoms with Gasteiger partial charge in [-0.1, -0.05) is 59.2 Å². The van der Waals surface area contributed by atoms with Gasteiger partial charge in [0.2, 0.25) is 0 Å². The number of halogens is 1. The molecule has 3 rings (SSSR count). The van der Waals surface area contributed by atoms with Crippen molar-refractivity contribution >= 4 is 17.3 Å². The van der Waals surface area contributed by atoms with Crippen molar-refractivity contribution in [2.24, 2.45) is 11.1 Å². The maximum atomic E-state index is 5.92. The van der Waals surface area contributed by atoms with E-state index in [4.69, 9.17) is 16.4 Å². The van der Waals surface area contributed by atoms with Gasteiger partial charge in [-0.25, -0.2) is 0 Å². The number of benzene rings is 2. The van der Waals surface area contributed by atoms with Crippen LogP contribution in [0.25, 0.3) is 0 Å². The molecule has 3 heteroatoms. The van der Waals surface area contributed by atoms with Crippen LogP contribution in [0, 0.1) is 5.92 Å². The molecule has 108 valence electrons. The first-order chi connectivity index (χ1) is 10.2. The van der Waals surface area contributed by atoms with Crippen LogP contribution in [0.15, 0.2) is 59.8 Å². The molecule has 1 saturated carbocycles. The first kappa shape index (κ1) is 14.2. The van der Waals surface area contributed by atoms with Crippen LogP contribution in [0.3, 0.4) is 0 Å². The van der Waals surface area contributed by atoms with Gasteiger partial charge in [0.15, 0.2) is 0 Å². The summed E-state index contributed by atoms with van der Waals surface area (Å²) in [5.41, 5.74) is 3.55. The SMILES string of the molecule is CC(=NOCc1ccccc1)[C@@H]1C[C@@H]1c1ccc(Cl)cc1. The average Bonchev–Trinajstić information content (AvgIpc) is 3.30. The molecular weight excluding hydrogens is 282 g/mol. The predicted molar refractivity (Wildman–Crippen MR) is 86.6 cm³/mol. The first-order valence-electron chi connectivity index (χ1n) is 7.20. The lowest BCUT2D eigenvalue weighted by Gasteiger charge is -2.03. The number of hydrogen-bond acceptors (Lipinski definition) is 2. The summed E-state index contributed by atoms with van der Waals surface area (Å²) in [6.45, 7) is 2.57. The van der Waals surface area contributed by atoms with E-state index in [-0.39, 0.29) is 0 Å². The van der Waals surface area contributed by atoms with Gasteiger partial charge >= 0.3 is 0 Å². The van der Waals surface area contributed by atoms with Gasteiger partial charge < -0.3 is 4.84 Å². The molecule has 0 unspecified atom stereocenters. The van der Waals surface area contributed by atoms with E-state index in [9.17, 15) is 0 Å². The molecule has 0 aliphatic heterocycles. The molecule has 2 nitrogen and oxygen atoms in total. The fraction of sp³-hybridized carbons (Fsp3) is 0.278. The lowest BCUT2D eigenvalue weighted by atomic mass is 10.1. The van der Waals surface area contributed by atoms with Crippen LogP contribution in [-0.2, 0) is 11.4 Å². The molecule has 0 N–H and O–H groups in total. The van der Waals surface area contributed by atoms with Crippen molar-refractivity contribution < 1.29 is 4.84 Å². The third kappa shape index (κ3) is 3.64. The van der Waals surface area contributed by atoms with Gasteiger partial charge in [0.1, 0.15) is 6.61 Å². The third-order valence-electron chi connectivity index (χ3n) is 3.91. The number of rotatable bonds is 5. The van der Waals surface area contributed by atoms with Crippen LogP contribution < -0.4 is 0 Å². The second kappa shape index (κ2) is 6.31. The van der Waals surface area contributed by atoms with Crippen molar-refractivity contribution in [1.82, 2.24) is 0 Å². The van der Waals surface area contributed by atoms with Gasteiger partial charge in [-0.05, 0) is 42.5 Å². The molecule has 0 spiro atoms. The quantitative estimate of drug-likeness (QED) is 0.560. The molecule has 1 aliphatic rings. The maximum absolute atomic E-state index is 5.92. The lowest BCUT2D eigenvalue weighted by molar-refractivity contribution is 0.129. The van der Waals surface area contributed by atoms with Crippen LogP contribution in [0.4, 0.5) is 0 Å². The highest BCUT2D eigenvalue weighted by atomic mass is 35.5. The standard InChI is InChI=1S/C18H18ClNO/c1-13(20-21-12-14-5-3-2-4-6-14)17-11-18(17)15-7-9-16(19)10-8-15/h2-10,17-18H,11-12H2,1H3/t17-,18+/m0/s1. The van der Waals surface area contributed by atoms with Gasteiger partial charge in [-0.15, -0.1) is 0 Å². The van der Waals surface area contributed by atoms with E-state index in [0.29, 0.717) is 18.4 Å². The monoisotopic (exact) mass is 299 g/mol. The highest BCUT2D eigenvalue weighted by molar-refractivity contribution is 6.30. The Morgan fingerprint density at radius 2 is 1.86 bits per heavy atom. The highest BCUT2D eigenvalue weighted by Gasteiger charge is 2.40. The molecule has 0 aromatic heterocycles. The normalized spacial score (nSPS) is 21.1. The zero-order chi connectivity index (χ0) is 14.7. The Labute approximate surface area is 130 Å². The minimum absolute atomic E-state index is 0.502. The predicted octanol–water partition coefficient (Wildman–Crippen LogP) is 5.04. The second-order valence-corrected chi connectivity index (χ2v) is 5.93. The van der Waals surface area contributed by atoms with E-state index in [1.807, 2.05) is 49.4 Å². The summed E-state index contributed by atoms with van der Waals surface area (Å²) in [5, 5.41) is 5.05. The van der Waals surface area contributed by atoms with E-state index in [1.165, 1.54) is 5.56 Å². The zero-order valence-corrected chi connectivity index (χ0v) is 12.8. The first-order valence-corrected chi connectivity index (χ1v) is 7.57. The highest BCUT2D eigenvalue weighted by Crippen LogP contribution is 2.48. The number of hydrogen-bond donors (Lipinski definition) is 0. The minimum Gasteiger partial charge on any atom is -0.391 e. The van der Waals surface area contributed by atoms with E-state index in [1.54, 1.807) is 0 Å². The van der Waals surface area contributed by atoms with Gasteiger partial charge in [0.05, 0.1) is 5.71 Å². The van der Waals surface area contributed by atoms with Crippen molar-refractivity contribution in [2.45, 2.75) is 25.9 Å². The molecule has 0 saturated heterocycles. The van der Waals surface area contributed by atoms with Gasteiger partial charge in [-0.2, -0.15) is 0 Å². The van der Waals surface area contributed by atoms with Gasteiger partial charge in [0.25, 0.3) is 0 Å². The molecule has 0 heterocycles. The Balaban J connectivity index is 1.53. The number of nitrogens with zero attached hydrogens (tertiary/aromatic N) is 1. The molecule has 2 aromatic rings. The Bertz CT molecular complexity index is 621. The molecule has 2 aromatic carbocycles. The fourth-order valence-corrected chi connectivity index (χ4v) is 2.71. The summed E-state index contributed by atoms with van der Waals surface area (Å²) in [5.74, 6) is 1.06. The summed E-state index contributed by atoms with van der Waals surface area (Å²) in [6.07, 6.45) is 1.14. The summed E-state index contributed by atoms with van der Waals surface area (Å²) < 4.78 is 0. The average molecular weight is 300 g/mol. The van der Waals surface area contributed by atoms with Crippen LogP contribution >= 0.6 is 11.6 Å². The van der Waals surface area contributed by atoms with Crippen LogP contribution in [0.5, 0.6) is 0 Å². The van der Waals surface area contributed by atoms with E-state index >= 15 is 0 Å². The van der Waals surface area contributed by atoms with Crippen LogP contribution in [-0.4, -0.2) is 5.71 Å². The smallest absolute Gasteiger partial charge is 0.142 e. The molecule has 2 atom stereocenters. The summed E-state index contributed by atoms with van der Waals surface area (Å²) >= 11 is 5.92. The van der Waals surface area contributed by atoms with Crippen LogP contribution in [0.2, 0.25) is 5.02 Å².